The van der Waals surface area contributed by atoms with Crippen LogP contribution in [0.1, 0.15) is 40.5 Å². The Labute approximate surface area is 170 Å². The lowest BCUT2D eigenvalue weighted by molar-refractivity contribution is 0.0952. The molecule has 5 rings (SSSR count). The first kappa shape index (κ1) is 18.7. The quantitative estimate of drug-likeness (QED) is 0.608. The summed E-state index contributed by atoms with van der Waals surface area (Å²) in [6, 6.07) is 2.57. The number of nitrogens with one attached hydrogen (secondary N) is 1. The van der Waals surface area contributed by atoms with Gasteiger partial charge in [-0.15, -0.1) is 0 Å². The van der Waals surface area contributed by atoms with Gasteiger partial charge in [0.2, 0.25) is 5.88 Å². The average Bonchev–Trinajstić information content (AvgIpc) is 3.26. The Morgan fingerprint density at radius 1 is 1.37 bits per heavy atom. The topological polar surface area (TPSA) is 84.7 Å². The summed E-state index contributed by atoms with van der Waals surface area (Å²) >= 11 is 0. The van der Waals surface area contributed by atoms with Crippen LogP contribution in [0, 0.1) is 12.7 Å². The van der Waals surface area contributed by atoms with Gasteiger partial charge in [0.25, 0.3) is 5.91 Å². The van der Waals surface area contributed by atoms with E-state index in [9.17, 15) is 13.6 Å². The van der Waals surface area contributed by atoms with Gasteiger partial charge in [0, 0.05) is 24.7 Å². The Balaban J connectivity index is 1.68. The number of anilines is 1. The minimum Gasteiger partial charge on any atom is -0.477 e. The number of carbonyl (C=O) groups excluding carboxylic acids is 1. The summed E-state index contributed by atoms with van der Waals surface area (Å²) in [5, 5.41) is 7.21. The highest BCUT2D eigenvalue weighted by Gasteiger charge is 2.37. The molecule has 3 aromatic rings. The minimum absolute atomic E-state index is 0.0957. The molecule has 5 heterocycles. The van der Waals surface area contributed by atoms with Gasteiger partial charge in [0.1, 0.15) is 23.4 Å². The Morgan fingerprint density at radius 3 is 3.10 bits per heavy atom. The van der Waals surface area contributed by atoms with E-state index < -0.39 is 18.0 Å². The van der Waals surface area contributed by atoms with Gasteiger partial charge in [-0.3, -0.25) is 4.79 Å². The molecule has 2 atom stereocenters. The normalized spacial score (nSPS) is 21.7. The zero-order chi connectivity index (χ0) is 20.8. The first-order chi connectivity index (χ1) is 14.5. The van der Waals surface area contributed by atoms with Crippen LogP contribution in [0.4, 0.5) is 14.6 Å². The molecule has 1 amide bonds. The highest BCUT2D eigenvalue weighted by molar-refractivity contribution is 6.01. The highest BCUT2D eigenvalue weighted by Crippen LogP contribution is 2.40. The van der Waals surface area contributed by atoms with Crippen LogP contribution in [-0.4, -0.2) is 51.4 Å². The summed E-state index contributed by atoms with van der Waals surface area (Å²) in [7, 11) is 0. The standard InChI is InChI=1S/C20H20F2N6O2/c1-11-17-18-25-16(3-5-28(18)26-11)27-10-13(22)8-15(27)14-7-12(21)9-24-20(14)30-6-2-4-23-19(17)29/h3,5,7,9,13,15H,2,4,6,8,10H2,1H3,(H,23,29)/t13-,15-/m1/s1. The lowest BCUT2D eigenvalue weighted by Crippen LogP contribution is -2.28. The number of rotatable bonds is 0. The number of amides is 1. The van der Waals surface area contributed by atoms with E-state index in [4.69, 9.17) is 4.74 Å². The van der Waals surface area contributed by atoms with E-state index >= 15 is 0 Å². The molecule has 0 aliphatic carbocycles. The molecule has 10 heteroatoms. The number of nitrogens with zero attached hydrogens (tertiary/aromatic N) is 5. The van der Waals surface area contributed by atoms with Gasteiger partial charge < -0.3 is 15.0 Å². The molecule has 1 fully saturated rings. The number of pyridine rings is 1. The summed E-state index contributed by atoms with van der Waals surface area (Å²) < 4.78 is 35.8. The molecule has 8 nitrogen and oxygen atoms in total. The summed E-state index contributed by atoms with van der Waals surface area (Å²) in [5.41, 5.74) is 1.83. The Hall–Kier alpha value is -3.30. The fourth-order valence-corrected chi connectivity index (χ4v) is 4.12. The molecule has 0 radical (unpaired) electrons. The van der Waals surface area contributed by atoms with E-state index in [1.807, 2.05) is 0 Å². The summed E-state index contributed by atoms with van der Waals surface area (Å²) in [4.78, 5) is 23.2. The molecular weight excluding hydrogens is 394 g/mol. The van der Waals surface area contributed by atoms with Crippen LogP contribution in [0.25, 0.3) is 5.65 Å². The van der Waals surface area contributed by atoms with E-state index in [-0.39, 0.29) is 31.4 Å². The van der Waals surface area contributed by atoms with Crippen LogP contribution >= 0.6 is 0 Å². The number of aryl methyl sites for hydroxylation is 1. The Bertz CT molecular complexity index is 1130. The molecule has 0 spiro atoms. The fourth-order valence-electron chi connectivity index (χ4n) is 4.12. The third-order valence-electron chi connectivity index (χ3n) is 5.47. The largest absolute Gasteiger partial charge is 0.477 e. The second-order valence-corrected chi connectivity index (χ2v) is 7.52. The first-order valence-electron chi connectivity index (χ1n) is 9.84. The molecule has 2 aliphatic rings. The predicted molar refractivity (Wildman–Crippen MR) is 104 cm³/mol. The smallest absolute Gasteiger partial charge is 0.257 e. The van der Waals surface area contributed by atoms with Crippen molar-refractivity contribution in [3.8, 4) is 5.88 Å². The monoisotopic (exact) mass is 414 g/mol. The van der Waals surface area contributed by atoms with Crippen molar-refractivity contribution in [2.75, 3.05) is 24.6 Å². The number of aromatic nitrogens is 4. The zero-order valence-corrected chi connectivity index (χ0v) is 16.3. The number of ether oxygens (including phenoxy) is 1. The van der Waals surface area contributed by atoms with E-state index in [1.54, 1.807) is 24.1 Å². The fraction of sp³-hybridized carbons (Fsp3) is 0.400. The van der Waals surface area contributed by atoms with Gasteiger partial charge in [-0.25, -0.2) is 23.3 Å². The van der Waals surface area contributed by atoms with Crippen LogP contribution in [0.3, 0.4) is 0 Å². The van der Waals surface area contributed by atoms with Gasteiger partial charge in [0.15, 0.2) is 5.65 Å². The van der Waals surface area contributed by atoms with Crippen LogP contribution < -0.4 is 15.0 Å². The maximum Gasteiger partial charge on any atom is 0.257 e. The van der Waals surface area contributed by atoms with Crippen molar-refractivity contribution in [3.63, 3.8) is 0 Å². The zero-order valence-electron chi connectivity index (χ0n) is 16.3. The van der Waals surface area contributed by atoms with E-state index in [0.29, 0.717) is 41.3 Å². The maximum atomic E-state index is 14.5. The van der Waals surface area contributed by atoms with Gasteiger partial charge in [-0.05, 0) is 25.5 Å². The second-order valence-electron chi connectivity index (χ2n) is 7.52. The van der Waals surface area contributed by atoms with Crippen molar-refractivity contribution in [3.05, 3.63) is 47.2 Å². The average molecular weight is 414 g/mol. The number of carbonyl (C=O) groups is 1. The van der Waals surface area contributed by atoms with Crippen LogP contribution in [-0.2, 0) is 0 Å². The molecule has 156 valence electrons. The molecule has 0 aromatic carbocycles. The van der Waals surface area contributed by atoms with Crippen molar-refractivity contribution in [1.29, 1.82) is 0 Å². The predicted octanol–water partition coefficient (Wildman–Crippen LogP) is 2.37. The third kappa shape index (κ3) is 3.12. The molecule has 1 saturated heterocycles. The molecule has 1 N–H and O–H groups in total. The van der Waals surface area contributed by atoms with Crippen LogP contribution in [0.2, 0.25) is 0 Å². The van der Waals surface area contributed by atoms with Gasteiger partial charge >= 0.3 is 0 Å². The number of hydrogen-bond donors (Lipinski definition) is 1. The van der Waals surface area contributed by atoms with Crippen molar-refractivity contribution in [1.82, 2.24) is 24.9 Å². The van der Waals surface area contributed by atoms with Gasteiger partial charge in [-0.1, -0.05) is 0 Å². The molecule has 30 heavy (non-hydrogen) atoms. The van der Waals surface area contributed by atoms with Crippen molar-refractivity contribution >= 4 is 17.4 Å². The van der Waals surface area contributed by atoms with Crippen molar-refractivity contribution in [2.24, 2.45) is 0 Å². The maximum absolute atomic E-state index is 14.5. The Kier molecular flexibility index (Phi) is 4.48. The molecule has 0 unspecified atom stereocenters. The molecule has 0 saturated carbocycles. The minimum atomic E-state index is -1.12. The summed E-state index contributed by atoms with van der Waals surface area (Å²) in [6.45, 7) is 2.51. The lowest BCUT2D eigenvalue weighted by atomic mass is 10.1. The van der Waals surface area contributed by atoms with Crippen LogP contribution in [0.5, 0.6) is 5.88 Å². The van der Waals surface area contributed by atoms with Crippen molar-refractivity contribution < 1.29 is 18.3 Å². The highest BCUT2D eigenvalue weighted by atomic mass is 19.1. The number of hydrogen-bond acceptors (Lipinski definition) is 6. The second kappa shape index (κ2) is 7.19. The van der Waals surface area contributed by atoms with Crippen LogP contribution in [0.15, 0.2) is 24.5 Å². The lowest BCUT2D eigenvalue weighted by Gasteiger charge is -2.27. The number of alkyl halides is 1. The summed E-state index contributed by atoms with van der Waals surface area (Å²) in [6.07, 6.45) is 2.36. The summed E-state index contributed by atoms with van der Waals surface area (Å²) in [5.74, 6) is -0.0315. The Morgan fingerprint density at radius 2 is 2.23 bits per heavy atom. The SMILES string of the molecule is Cc1nn2ccc3nc2c1C(=O)NCCCOc1ncc(F)cc1[C@H]1C[C@@H](F)CN31. The third-order valence-corrected chi connectivity index (χ3v) is 5.47. The molecule has 2 aliphatic heterocycles. The van der Waals surface area contributed by atoms with E-state index in [0.717, 1.165) is 6.20 Å². The van der Waals surface area contributed by atoms with Crippen molar-refractivity contribution in [2.45, 2.75) is 32.0 Å². The number of halogens is 2. The van der Waals surface area contributed by atoms with Gasteiger partial charge in [-0.2, -0.15) is 5.10 Å². The van der Waals surface area contributed by atoms with E-state index in [2.05, 4.69) is 20.4 Å². The molecule has 3 aromatic heterocycles. The van der Waals surface area contributed by atoms with E-state index in [1.165, 1.54) is 10.6 Å². The van der Waals surface area contributed by atoms with Gasteiger partial charge in [0.05, 0.1) is 31.1 Å². The first-order valence-corrected chi connectivity index (χ1v) is 9.84. The number of fused-ring (bicyclic) bond motifs is 5. The molecule has 2 bridgehead atoms. The molecular formula is C20H20F2N6O2.